The fraction of sp³-hybridized carbons (Fsp3) is 0.192. The molecule has 33 heavy (non-hydrogen) atoms. The van der Waals surface area contributed by atoms with E-state index in [2.05, 4.69) is 4.98 Å². The van der Waals surface area contributed by atoms with Crippen LogP contribution in [0.5, 0.6) is 5.75 Å². The van der Waals surface area contributed by atoms with Gasteiger partial charge in [0.25, 0.3) is 11.7 Å². The number of halogens is 1. The van der Waals surface area contributed by atoms with Gasteiger partial charge >= 0.3 is 0 Å². The van der Waals surface area contributed by atoms with E-state index >= 15 is 0 Å². The van der Waals surface area contributed by atoms with Crippen LogP contribution in [0.15, 0.2) is 66.5 Å². The zero-order valence-electron chi connectivity index (χ0n) is 18.5. The highest BCUT2D eigenvalue weighted by Crippen LogP contribution is 2.44. The van der Waals surface area contributed by atoms with Gasteiger partial charge in [-0.1, -0.05) is 23.7 Å². The first kappa shape index (κ1) is 22.6. The molecule has 1 amide bonds. The molecule has 1 N–H and O–H groups in total. The predicted molar refractivity (Wildman–Crippen MR) is 128 cm³/mol. The number of rotatable bonds is 5. The standard InChI is InChI=1S/C26H23ClN2O4/c1-4-33-21-11-10-17(13-15(21)2)24(30)22-23(18-7-6-12-28-14-18)29(26(32)25(22)31)20-9-5-8-19(27)16(20)3/h5-14,23,30H,4H2,1-3H3/b24-22+. The first-order chi connectivity index (χ1) is 15.8. The van der Waals surface area contributed by atoms with Crippen LogP contribution in [0.2, 0.25) is 5.02 Å². The van der Waals surface area contributed by atoms with Crippen LogP contribution in [0, 0.1) is 13.8 Å². The lowest BCUT2D eigenvalue weighted by molar-refractivity contribution is -0.132. The van der Waals surface area contributed by atoms with Gasteiger partial charge in [0, 0.05) is 28.7 Å². The van der Waals surface area contributed by atoms with Crippen molar-refractivity contribution in [3.63, 3.8) is 0 Å². The Hall–Kier alpha value is -3.64. The molecule has 7 heteroatoms. The van der Waals surface area contributed by atoms with Gasteiger partial charge in [-0.2, -0.15) is 0 Å². The number of hydrogen-bond donors (Lipinski definition) is 1. The number of ketones is 1. The number of ether oxygens (including phenoxy) is 1. The molecule has 1 fully saturated rings. The molecule has 0 radical (unpaired) electrons. The molecule has 1 aromatic heterocycles. The Bertz CT molecular complexity index is 1270. The average molecular weight is 463 g/mol. The van der Waals surface area contributed by atoms with Gasteiger partial charge in [0.2, 0.25) is 0 Å². The summed E-state index contributed by atoms with van der Waals surface area (Å²) in [5.41, 5.74) is 2.98. The summed E-state index contributed by atoms with van der Waals surface area (Å²) in [5.74, 6) is -1.07. The Morgan fingerprint density at radius 2 is 1.94 bits per heavy atom. The number of aromatic nitrogens is 1. The number of carbonyl (C=O) groups is 2. The predicted octanol–water partition coefficient (Wildman–Crippen LogP) is 5.38. The number of amides is 1. The minimum atomic E-state index is -0.859. The summed E-state index contributed by atoms with van der Waals surface area (Å²) in [7, 11) is 0. The van der Waals surface area contributed by atoms with Crippen LogP contribution < -0.4 is 9.64 Å². The van der Waals surface area contributed by atoms with Gasteiger partial charge in [-0.25, -0.2) is 0 Å². The van der Waals surface area contributed by atoms with Crippen molar-refractivity contribution < 1.29 is 19.4 Å². The van der Waals surface area contributed by atoms with Crippen LogP contribution in [0.3, 0.4) is 0 Å². The number of benzene rings is 2. The Kier molecular flexibility index (Phi) is 6.20. The normalized spacial score (nSPS) is 17.5. The quantitative estimate of drug-likeness (QED) is 0.313. The third-order valence-corrected chi connectivity index (χ3v) is 6.10. The maximum absolute atomic E-state index is 13.3. The molecule has 3 aromatic rings. The summed E-state index contributed by atoms with van der Waals surface area (Å²) in [6, 6.07) is 13.0. The number of Topliss-reactive ketones (excluding diaryl/α,β-unsaturated/α-hetero) is 1. The minimum Gasteiger partial charge on any atom is -0.507 e. The van der Waals surface area contributed by atoms with E-state index in [1.165, 1.54) is 4.90 Å². The Labute approximate surface area is 197 Å². The molecule has 0 bridgehead atoms. The number of pyridine rings is 1. The summed E-state index contributed by atoms with van der Waals surface area (Å²) in [6.07, 6.45) is 3.19. The van der Waals surface area contributed by atoms with E-state index in [-0.39, 0.29) is 11.3 Å². The van der Waals surface area contributed by atoms with Crippen molar-refractivity contribution in [1.29, 1.82) is 0 Å². The molecule has 2 heterocycles. The highest BCUT2D eigenvalue weighted by molar-refractivity contribution is 6.52. The van der Waals surface area contributed by atoms with Gasteiger partial charge in [-0.15, -0.1) is 0 Å². The first-order valence-corrected chi connectivity index (χ1v) is 10.9. The number of hydrogen-bond acceptors (Lipinski definition) is 5. The van der Waals surface area contributed by atoms with E-state index in [0.29, 0.717) is 39.8 Å². The van der Waals surface area contributed by atoms with Gasteiger partial charge in [-0.05, 0) is 73.9 Å². The van der Waals surface area contributed by atoms with Crippen molar-refractivity contribution in [3.8, 4) is 5.75 Å². The van der Waals surface area contributed by atoms with Crippen molar-refractivity contribution in [2.45, 2.75) is 26.8 Å². The second-order valence-electron chi connectivity index (χ2n) is 7.75. The number of nitrogens with zero attached hydrogens (tertiary/aromatic N) is 2. The maximum atomic E-state index is 13.3. The zero-order chi connectivity index (χ0) is 23.7. The van der Waals surface area contributed by atoms with Crippen molar-refractivity contribution in [1.82, 2.24) is 4.98 Å². The molecule has 1 unspecified atom stereocenters. The Balaban J connectivity index is 1.93. The number of aliphatic hydroxyl groups excluding tert-OH is 1. The smallest absolute Gasteiger partial charge is 0.300 e. The molecule has 0 spiro atoms. The summed E-state index contributed by atoms with van der Waals surface area (Å²) in [4.78, 5) is 32.1. The van der Waals surface area contributed by atoms with Crippen LogP contribution in [0.1, 0.15) is 35.2 Å². The van der Waals surface area contributed by atoms with Crippen LogP contribution in [0.25, 0.3) is 5.76 Å². The fourth-order valence-corrected chi connectivity index (χ4v) is 4.23. The molecule has 6 nitrogen and oxygen atoms in total. The SMILES string of the molecule is CCOc1ccc(/C(O)=C2\C(=O)C(=O)N(c3cccc(Cl)c3C)C2c2cccnc2)cc1C. The third-order valence-electron chi connectivity index (χ3n) is 5.69. The van der Waals surface area contributed by atoms with Crippen LogP contribution in [-0.4, -0.2) is 28.4 Å². The van der Waals surface area contributed by atoms with E-state index in [0.717, 1.165) is 5.56 Å². The molecule has 0 aliphatic carbocycles. The van der Waals surface area contributed by atoms with Crippen LogP contribution in [0.4, 0.5) is 5.69 Å². The molecular formula is C26H23ClN2O4. The molecule has 0 saturated carbocycles. The summed E-state index contributed by atoms with van der Waals surface area (Å²) >= 11 is 6.31. The second kappa shape index (κ2) is 9.08. The lowest BCUT2D eigenvalue weighted by Crippen LogP contribution is -2.30. The third kappa shape index (κ3) is 3.98. The molecule has 4 rings (SSSR count). The molecule has 1 atom stereocenters. The number of anilines is 1. The van der Waals surface area contributed by atoms with Crippen LogP contribution >= 0.6 is 11.6 Å². The van der Waals surface area contributed by atoms with E-state index in [1.807, 2.05) is 13.8 Å². The van der Waals surface area contributed by atoms with Crippen molar-refractivity contribution >= 4 is 34.7 Å². The molecule has 1 saturated heterocycles. The summed E-state index contributed by atoms with van der Waals surface area (Å²) in [5, 5.41) is 11.7. The van der Waals surface area contributed by atoms with E-state index in [1.54, 1.807) is 67.8 Å². The molecule has 2 aromatic carbocycles. The van der Waals surface area contributed by atoms with Gasteiger partial charge < -0.3 is 9.84 Å². The number of aliphatic hydroxyl groups is 1. The summed E-state index contributed by atoms with van der Waals surface area (Å²) in [6.45, 7) is 6.04. The second-order valence-corrected chi connectivity index (χ2v) is 8.16. The highest BCUT2D eigenvalue weighted by atomic mass is 35.5. The fourth-order valence-electron chi connectivity index (χ4n) is 4.06. The molecule has 168 valence electrons. The molecular weight excluding hydrogens is 440 g/mol. The lowest BCUT2D eigenvalue weighted by atomic mass is 9.95. The topological polar surface area (TPSA) is 79.7 Å². The maximum Gasteiger partial charge on any atom is 0.300 e. The molecule has 1 aliphatic rings. The highest BCUT2D eigenvalue weighted by Gasteiger charge is 2.47. The van der Waals surface area contributed by atoms with Crippen molar-refractivity contribution in [3.05, 3.63) is 93.8 Å². The molecule has 1 aliphatic heterocycles. The van der Waals surface area contributed by atoms with Crippen molar-refractivity contribution in [2.75, 3.05) is 11.5 Å². The van der Waals surface area contributed by atoms with Gasteiger partial charge in [-0.3, -0.25) is 19.5 Å². The van der Waals surface area contributed by atoms with Gasteiger partial charge in [0.05, 0.1) is 18.2 Å². The van der Waals surface area contributed by atoms with E-state index in [9.17, 15) is 14.7 Å². The van der Waals surface area contributed by atoms with Crippen LogP contribution in [-0.2, 0) is 9.59 Å². The number of carbonyl (C=O) groups excluding carboxylic acids is 2. The Morgan fingerprint density at radius 1 is 1.15 bits per heavy atom. The zero-order valence-corrected chi connectivity index (χ0v) is 19.3. The summed E-state index contributed by atoms with van der Waals surface area (Å²) < 4.78 is 5.58. The number of aryl methyl sites for hydroxylation is 1. The first-order valence-electron chi connectivity index (χ1n) is 10.5. The minimum absolute atomic E-state index is 0.00376. The van der Waals surface area contributed by atoms with Gasteiger partial charge in [0.15, 0.2) is 0 Å². The van der Waals surface area contributed by atoms with Gasteiger partial charge in [0.1, 0.15) is 11.5 Å². The average Bonchev–Trinajstić information content (AvgIpc) is 3.08. The van der Waals surface area contributed by atoms with E-state index in [4.69, 9.17) is 16.3 Å². The Morgan fingerprint density at radius 3 is 2.61 bits per heavy atom. The monoisotopic (exact) mass is 462 g/mol. The largest absolute Gasteiger partial charge is 0.507 e. The van der Waals surface area contributed by atoms with Crippen molar-refractivity contribution in [2.24, 2.45) is 0 Å². The van der Waals surface area contributed by atoms with E-state index < -0.39 is 17.7 Å². The lowest BCUT2D eigenvalue weighted by Gasteiger charge is -2.26.